The average molecular weight is 486 g/mol. The lowest BCUT2D eigenvalue weighted by molar-refractivity contribution is -0.113. The number of hydrogen-bond donors (Lipinski definition) is 1. The first-order valence-corrected chi connectivity index (χ1v) is 11.4. The van der Waals surface area contributed by atoms with Crippen molar-refractivity contribution in [3.8, 4) is 10.7 Å². The highest BCUT2D eigenvalue weighted by Crippen LogP contribution is 2.28. The van der Waals surface area contributed by atoms with Crippen LogP contribution in [0.3, 0.4) is 0 Å². The first-order chi connectivity index (χ1) is 14.2. The number of nitrogens with one attached hydrogen (secondary N) is 1. The van der Waals surface area contributed by atoms with Crippen LogP contribution in [-0.4, -0.2) is 31.4 Å². The molecule has 0 saturated carbocycles. The second-order valence-electron chi connectivity index (χ2n) is 6.05. The summed E-state index contributed by atoms with van der Waals surface area (Å²) < 4.78 is 2.91. The molecule has 6 nitrogen and oxygen atoms in total. The second kappa shape index (κ2) is 9.34. The topological polar surface area (TPSA) is 72.7 Å². The Morgan fingerprint density at radius 1 is 1.10 bits per heavy atom. The van der Waals surface area contributed by atoms with Gasteiger partial charge in [-0.2, -0.15) is 0 Å². The van der Waals surface area contributed by atoms with Gasteiger partial charge in [-0.1, -0.05) is 48.2 Å². The second-order valence-corrected chi connectivity index (χ2v) is 8.86. The molecule has 29 heavy (non-hydrogen) atoms. The third-order valence-electron chi connectivity index (χ3n) is 3.97. The van der Waals surface area contributed by atoms with Crippen LogP contribution < -0.4 is 5.32 Å². The van der Waals surface area contributed by atoms with E-state index in [4.69, 9.17) is 0 Å². The minimum absolute atomic E-state index is 0.142. The zero-order chi connectivity index (χ0) is 20.1. The first-order valence-electron chi connectivity index (χ1n) is 8.74. The smallest absolute Gasteiger partial charge is 0.236 e. The lowest BCUT2D eigenvalue weighted by Crippen LogP contribution is -2.15. The Kier molecular flexibility index (Phi) is 6.38. The summed E-state index contributed by atoms with van der Waals surface area (Å²) in [7, 11) is 0. The van der Waals surface area contributed by atoms with Crippen LogP contribution in [0, 0.1) is 0 Å². The van der Waals surface area contributed by atoms with Crippen molar-refractivity contribution >= 4 is 50.8 Å². The number of hydrogen-bond acceptors (Lipinski definition) is 6. The molecule has 146 valence electrons. The summed E-state index contributed by atoms with van der Waals surface area (Å²) in [4.78, 5) is 17.5. The summed E-state index contributed by atoms with van der Waals surface area (Å²) in [6.45, 7) is 0.638. The van der Waals surface area contributed by atoms with Gasteiger partial charge in [0.25, 0.3) is 0 Å². The SMILES string of the molecule is O=C(CSc1nnc(-c2cccs2)n1Cc1ccccc1)Nc1ccc(Br)cn1. The van der Waals surface area contributed by atoms with Crippen LogP contribution in [0.1, 0.15) is 5.56 Å². The average Bonchev–Trinajstić information content (AvgIpc) is 3.39. The van der Waals surface area contributed by atoms with Crippen LogP contribution in [0.2, 0.25) is 0 Å². The molecule has 3 aromatic heterocycles. The van der Waals surface area contributed by atoms with Crippen molar-refractivity contribution in [3.05, 3.63) is 76.2 Å². The predicted molar refractivity (Wildman–Crippen MR) is 120 cm³/mol. The number of benzene rings is 1. The third kappa shape index (κ3) is 5.11. The van der Waals surface area contributed by atoms with E-state index >= 15 is 0 Å². The fourth-order valence-electron chi connectivity index (χ4n) is 2.65. The zero-order valence-electron chi connectivity index (χ0n) is 15.2. The fourth-order valence-corrected chi connectivity index (χ4v) is 4.34. The van der Waals surface area contributed by atoms with Crippen molar-refractivity contribution in [1.29, 1.82) is 0 Å². The quantitative estimate of drug-likeness (QED) is 0.375. The van der Waals surface area contributed by atoms with Gasteiger partial charge in [-0.05, 0) is 45.1 Å². The molecule has 1 amide bonds. The Hall–Kier alpha value is -2.49. The zero-order valence-corrected chi connectivity index (χ0v) is 18.4. The monoisotopic (exact) mass is 485 g/mol. The molecule has 0 unspecified atom stereocenters. The summed E-state index contributed by atoms with van der Waals surface area (Å²) >= 11 is 6.31. The molecular formula is C20H16BrN5OS2. The first kappa shape index (κ1) is 19.8. The van der Waals surface area contributed by atoms with E-state index < -0.39 is 0 Å². The summed E-state index contributed by atoms with van der Waals surface area (Å²) in [5, 5.41) is 14.2. The number of nitrogens with zero attached hydrogens (tertiary/aromatic N) is 4. The van der Waals surface area contributed by atoms with Crippen molar-refractivity contribution in [2.45, 2.75) is 11.7 Å². The molecule has 0 radical (unpaired) electrons. The van der Waals surface area contributed by atoms with E-state index in [1.165, 1.54) is 11.8 Å². The van der Waals surface area contributed by atoms with E-state index in [-0.39, 0.29) is 11.7 Å². The maximum absolute atomic E-state index is 12.3. The molecule has 0 bridgehead atoms. The van der Waals surface area contributed by atoms with Gasteiger partial charge in [-0.15, -0.1) is 21.5 Å². The Morgan fingerprint density at radius 2 is 1.97 bits per heavy atom. The molecule has 4 aromatic rings. The van der Waals surface area contributed by atoms with Crippen LogP contribution in [0.4, 0.5) is 5.82 Å². The van der Waals surface area contributed by atoms with Gasteiger partial charge < -0.3 is 5.32 Å². The normalized spacial score (nSPS) is 10.8. The number of amides is 1. The summed E-state index contributed by atoms with van der Waals surface area (Å²) in [5.74, 6) is 1.40. The van der Waals surface area contributed by atoms with Crippen molar-refractivity contribution in [2.75, 3.05) is 11.1 Å². The molecule has 0 saturated heterocycles. The number of aromatic nitrogens is 4. The Balaban J connectivity index is 1.50. The molecule has 0 aliphatic carbocycles. The predicted octanol–water partition coefficient (Wildman–Crippen LogP) is 4.94. The van der Waals surface area contributed by atoms with E-state index in [0.717, 1.165) is 20.7 Å². The van der Waals surface area contributed by atoms with Crippen LogP contribution in [0.15, 0.2) is 75.8 Å². The van der Waals surface area contributed by atoms with Gasteiger partial charge in [-0.25, -0.2) is 4.98 Å². The van der Waals surface area contributed by atoms with Gasteiger partial charge in [0.05, 0.1) is 17.2 Å². The lowest BCUT2D eigenvalue weighted by Gasteiger charge is -2.10. The van der Waals surface area contributed by atoms with Crippen molar-refractivity contribution in [1.82, 2.24) is 19.7 Å². The van der Waals surface area contributed by atoms with Gasteiger partial charge in [0.1, 0.15) is 5.82 Å². The molecule has 0 atom stereocenters. The van der Waals surface area contributed by atoms with Crippen LogP contribution in [0.25, 0.3) is 10.7 Å². The standard InChI is InChI=1S/C20H16BrN5OS2/c21-15-8-9-17(22-11-15)23-18(27)13-29-20-25-24-19(16-7-4-10-28-16)26(20)12-14-5-2-1-3-6-14/h1-11H,12-13H2,(H,22,23,27). The maximum atomic E-state index is 12.3. The Labute approximate surface area is 184 Å². The minimum Gasteiger partial charge on any atom is -0.310 e. The van der Waals surface area contributed by atoms with Gasteiger partial charge >= 0.3 is 0 Å². The minimum atomic E-state index is -0.142. The van der Waals surface area contributed by atoms with Crippen LogP contribution in [-0.2, 0) is 11.3 Å². The van der Waals surface area contributed by atoms with E-state index in [1.54, 1.807) is 23.6 Å². The molecule has 0 fully saturated rings. The molecule has 0 aliphatic rings. The number of pyridine rings is 1. The van der Waals surface area contributed by atoms with Crippen molar-refractivity contribution in [2.24, 2.45) is 0 Å². The Bertz CT molecular complexity index is 1080. The molecule has 1 N–H and O–H groups in total. The van der Waals surface area contributed by atoms with Crippen LogP contribution in [0.5, 0.6) is 0 Å². The number of thioether (sulfide) groups is 1. The lowest BCUT2D eigenvalue weighted by atomic mass is 10.2. The number of rotatable bonds is 7. The number of carbonyl (C=O) groups excluding carboxylic acids is 1. The molecule has 9 heteroatoms. The van der Waals surface area contributed by atoms with Gasteiger partial charge in [-0.3, -0.25) is 9.36 Å². The number of halogens is 1. The van der Waals surface area contributed by atoms with E-state index in [0.29, 0.717) is 17.5 Å². The highest BCUT2D eigenvalue weighted by molar-refractivity contribution is 9.10. The van der Waals surface area contributed by atoms with Crippen molar-refractivity contribution < 1.29 is 4.79 Å². The number of anilines is 1. The molecule has 3 heterocycles. The molecule has 4 rings (SSSR count). The largest absolute Gasteiger partial charge is 0.310 e. The molecule has 0 aliphatic heterocycles. The summed E-state index contributed by atoms with van der Waals surface area (Å²) in [5.41, 5.74) is 1.15. The summed E-state index contributed by atoms with van der Waals surface area (Å²) in [6.07, 6.45) is 1.65. The molecule has 1 aromatic carbocycles. The highest BCUT2D eigenvalue weighted by Gasteiger charge is 2.17. The van der Waals surface area contributed by atoms with E-state index in [1.807, 2.05) is 41.8 Å². The van der Waals surface area contributed by atoms with E-state index in [9.17, 15) is 4.79 Å². The molecular weight excluding hydrogens is 470 g/mol. The molecule has 0 spiro atoms. The van der Waals surface area contributed by atoms with Gasteiger partial charge in [0, 0.05) is 10.7 Å². The third-order valence-corrected chi connectivity index (χ3v) is 6.27. The number of thiophene rings is 1. The Morgan fingerprint density at radius 3 is 2.69 bits per heavy atom. The fraction of sp³-hybridized carbons (Fsp3) is 0.100. The van der Waals surface area contributed by atoms with Crippen molar-refractivity contribution in [3.63, 3.8) is 0 Å². The number of carbonyl (C=O) groups is 1. The maximum Gasteiger partial charge on any atom is 0.236 e. The van der Waals surface area contributed by atoms with Gasteiger partial charge in [0.2, 0.25) is 5.91 Å². The van der Waals surface area contributed by atoms with E-state index in [2.05, 4.69) is 53.1 Å². The van der Waals surface area contributed by atoms with Gasteiger partial charge in [0.15, 0.2) is 11.0 Å². The van der Waals surface area contributed by atoms with Crippen LogP contribution >= 0.6 is 39.0 Å². The highest BCUT2D eigenvalue weighted by atomic mass is 79.9. The summed E-state index contributed by atoms with van der Waals surface area (Å²) in [6, 6.07) is 17.7.